The maximum atomic E-state index is 12.7. The van der Waals surface area contributed by atoms with E-state index in [1.165, 1.54) is 0 Å². The SMILES string of the molecule is CC(=O)N1CCC(c2nc(Nc3ccc(C(=O)N4CCOCC4)cc3)c3cnccn23)CC1. The van der Waals surface area contributed by atoms with Crippen molar-refractivity contribution in [2.45, 2.75) is 25.7 Å². The van der Waals surface area contributed by atoms with Crippen LogP contribution in [0.25, 0.3) is 5.52 Å². The monoisotopic (exact) mass is 448 g/mol. The van der Waals surface area contributed by atoms with Crippen molar-refractivity contribution in [3.8, 4) is 0 Å². The number of morpholine rings is 1. The number of ether oxygens (including phenoxy) is 1. The smallest absolute Gasteiger partial charge is 0.254 e. The number of nitrogens with zero attached hydrogens (tertiary/aromatic N) is 5. The molecule has 0 atom stereocenters. The Balaban J connectivity index is 1.34. The van der Waals surface area contributed by atoms with Crippen LogP contribution in [0.5, 0.6) is 0 Å². The number of fused-ring (bicyclic) bond motifs is 1. The van der Waals surface area contributed by atoms with Crippen LogP contribution in [0.4, 0.5) is 11.5 Å². The minimum atomic E-state index is 0.0284. The molecule has 33 heavy (non-hydrogen) atoms. The highest BCUT2D eigenvalue weighted by molar-refractivity contribution is 5.94. The molecule has 9 nitrogen and oxygen atoms in total. The van der Waals surface area contributed by atoms with Gasteiger partial charge in [-0.05, 0) is 37.1 Å². The van der Waals surface area contributed by atoms with Gasteiger partial charge >= 0.3 is 0 Å². The summed E-state index contributed by atoms with van der Waals surface area (Å²) < 4.78 is 7.42. The van der Waals surface area contributed by atoms with Crippen LogP contribution in [0.3, 0.4) is 0 Å². The lowest BCUT2D eigenvalue weighted by molar-refractivity contribution is -0.129. The number of likely N-dealkylation sites (tertiary alicyclic amines) is 1. The summed E-state index contributed by atoms with van der Waals surface area (Å²) in [6, 6.07) is 7.49. The molecule has 2 fully saturated rings. The average molecular weight is 449 g/mol. The van der Waals surface area contributed by atoms with Crippen LogP contribution in [0.15, 0.2) is 42.9 Å². The number of imidazole rings is 1. The Morgan fingerprint density at radius 1 is 1.03 bits per heavy atom. The van der Waals surface area contributed by atoms with Gasteiger partial charge in [-0.1, -0.05) is 0 Å². The Morgan fingerprint density at radius 2 is 1.76 bits per heavy atom. The molecule has 2 aliphatic rings. The lowest BCUT2D eigenvalue weighted by Gasteiger charge is -2.30. The first-order valence-electron chi connectivity index (χ1n) is 11.4. The molecule has 5 rings (SSSR count). The van der Waals surface area contributed by atoms with Gasteiger partial charge in [-0.25, -0.2) is 4.98 Å². The number of benzene rings is 1. The molecule has 2 amide bonds. The molecule has 2 aromatic heterocycles. The fourth-order valence-corrected chi connectivity index (χ4v) is 4.58. The molecular formula is C24H28N6O3. The van der Waals surface area contributed by atoms with Gasteiger partial charge < -0.3 is 19.9 Å². The summed E-state index contributed by atoms with van der Waals surface area (Å²) in [6.07, 6.45) is 7.28. The van der Waals surface area contributed by atoms with Gasteiger partial charge in [0.15, 0.2) is 5.82 Å². The number of hydrogen-bond donors (Lipinski definition) is 1. The Hall–Kier alpha value is -3.46. The lowest BCUT2D eigenvalue weighted by atomic mass is 9.96. The van der Waals surface area contributed by atoms with Gasteiger partial charge in [-0.3, -0.25) is 19.0 Å². The molecule has 0 unspecified atom stereocenters. The van der Waals surface area contributed by atoms with E-state index in [0.717, 1.165) is 48.8 Å². The van der Waals surface area contributed by atoms with E-state index >= 15 is 0 Å². The molecule has 2 saturated heterocycles. The van der Waals surface area contributed by atoms with E-state index in [-0.39, 0.29) is 17.7 Å². The standard InChI is InChI=1S/C24H28N6O3/c1-17(31)28-9-6-18(7-10-28)23-27-22(21-16-25-8-11-30(21)23)26-20-4-2-19(3-5-20)24(32)29-12-14-33-15-13-29/h2-5,8,11,16,18,26H,6-7,9-10,12-15H2,1H3. The largest absolute Gasteiger partial charge is 0.378 e. The molecule has 0 radical (unpaired) electrons. The van der Waals surface area contributed by atoms with E-state index in [0.29, 0.717) is 31.9 Å². The van der Waals surface area contributed by atoms with Crippen LogP contribution in [0, 0.1) is 0 Å². The fourth-order valence-electron chi connectivity index (χ4n) is 4.58. The van der Waals surface area contributed by atoms with Gasteiger partial charge in [0.05, 0.1) is 19.4 Å². The first kappa shape index (κ1) is 21.4. The molecule has 3 aromatic rings. The third kappa shape index (κ3) is 4.41. The van der Waals surface area contributed by atoms with Crippen LogP contribution in [0.1, 0.15) is 41.9 Å². The first-order valence-corrected chi connectivity index (χ1v) is 11.4. The number of carbonyl (C=O) groups excluding carboxylic acids is 2. The normalized spacial score (nSPS) is 17.4. The maximum absolute atomic E-state index is 12.7. The van der Waals surface area contributed by atoms with Crippen LogP contribution in [-0.4, -0.2) is 75.4 Å². The van der Waals surface area contributed by atoms with E-state index in [2.05, 4.69) is 14.7 Å². The van der Waals surface area contributed by atoms with Crippen LogP contribution in [0.2, 0.25) is 0 Å². The second-order valence-corrected chi connectivity index (χ2v) is 8.54. The van der Waals surface area contributed by atoms with Crippen LogP contribution in [-0.2, 0) is 9.53 Å². The first-order chi connectivity index (χ1) is 16.1. The number of hydrogen-bond acceptors (Lipinski definition) is 6. The van der Waals surface area contributed by atoms with E-state index < -0.39 is 0 Å². The molecule has 0 saturated carbocycles. The summed E-state index contributed by atoms with van der Waals surface area (Å²) >= 11 is 0. The third-order valence-corrected chi connectivity index (χ3v) is 6.47. The molecule has 1 aromatic carbocycles. The second kappa shape index (κ2) is 9.19. The molecule has 0 bridgehead atoms. The number of piperidine rings is 1. The molecular weight excluding hydrogens is 420 g/mol. The fraction of sp³-hybridized carbons (Fsp3) is 0.417. The summed E-state index contributed by atoms with van der Waals surface area (Å²) in [5.41, 5.74) is 2.42. The van der Waals surface area contributed by atoms with E-state index in [4.69, 9.17) is 9.72 Å². The number of rotatable bonds is 4. The summed E-state index contributed by atoms with van der Waals surface area (Å²) in [6.45, 7) is 5.55. The predicted octanol–water partition coefficient (Wildman–Crippen LogP) is 2.67. The van der Waals surface area contributed by atoms with Gasteiger partial charge in [0, 0.05) is 62.7 Å². The van der Waals surface area contributed by atoms with Crippen molar-refractivity contribution in [1.29, 1.82) is 0 Å². The molecule has 2 aliphatic heterocycles. The van der Waals surface area contributed by atoms with Gasteiger partial charge in [-0.15, -0.1) is 0 Å². The van der Waals surface area contributed by atoms with E-state index in [1.54, 1.807) is 19.3 Å². The molecule has 9 heteroatoms. The van der Waals surface area contributed by atoms with Crippen molar-refractivity contribution in [1.82, 2.24) is 24.2 Å². The number of anilines is 2. The third-order valence-electron chi connectivity index (χ3n) is 6.47. The van der Waals surface area contributed by atoms with Crippen molar-refractivity contribution in [3.05, 3.63) is 54.2 Å². The highest BCUT2D eigenvalue weighted by atomic mass is 16.5. The Labute approximate surface area is 192 Å². The zero-order chi connectivity index (χ0) is 22.8. The molecule has 172 valence electrons. The van der Waals surface area contributed by atoms with Crippen LogP contribution >= 0.6 is 0 Å². The minimum absolute atomic E-state index is 0.0284. The molecule has 1 N–H and O–H groups in total. The molecule has 0 spiro atoms. The molecule has 0 aliphatic carbocycles. The van der Waals surface area contributed by atoms with Crippen LogP contribution < -0.4 is 5.32 Å². The van der Waals surface area contributed by atoms with E-state index in [1.807, 2.05) is 40.3 Å². The van der Waals surface area contributed by atoms with Gasteiger partial charge in [-0.2, -0.15) is 0 Å². The molecule has 4 heterocycles. The Kier molecular flexibility index (Phi) is 5.95. The van der Waals surface area contributed by atoms with Gasteiger partial charge in [0.2, 0.25) is 5.91 Å². The minimum Gasteiger partial charge on any atom is -0.378 e. The number of aromatic nitrogens is 3. The predicted molar refractivity (Wildman–Crippen MR) is 124 cm³/mol. The topological polar surface area (TPSA) is 92.1 Å². The highest BCUT2D eigenvalue weighted by Crippen LogP contribution is 2.31. The maximum Gasteiger partial charge on any atom is 0.254 e. The number of carbonyl (C=O) groups is 2. The Bertz CT molecular complexity index is 1140. The summed E-state index contributed by atoms with van der Waals surface area (Å²) in [7, 11) is 0. The quantitative estimate of drug-likeness (QED) is 0.660. The summed E-state index contributed by atoms with van der Waals surface area (Å²) in [5.74, 6) is 2.15. The van der Waals surface area contributed by atoms with Crippen molar-refractivity contribution in [3.63, 3.8) is 0 Å². The van der Waals surface area contributed by atoms with Crippen molar-refractivity contribution >= 4 is 28.8 Å². The van der Waals surface area contributed by atoms with E-state index in [9.17, 15) is 9.59 Å². The highest BCUT2D eigenvalue weighted by Gasteiger charge is 2.26. The zero-order valence-corrected chi connectivity index (χ0v) is 18.7. The van der Waals surface area contributed by atoms with Gasteiger partial charge in [0.25, 0.3) is 5.91 Å². The van der Waals surface area contributed by atoms with Gasteiger partial charge in [0.1, 0.15) is 11.3 Å². The van der Waals surface area contributed by atoms with Crippen molar-refractivity contribution in [2.24, 2.45) is 0 Å². The second-order valence-electron chi connectivity index (χ2n) is 8.54. The number of nitrogens with one attached hydrogen (secondary N) is 1. The summed E-state index contributed by atoms with van der Waals surface area (Å²) in [5, 5.41) is 3.40. The summed E-state index contributed by atoms with van der Waals surface area (Å²) in [4.78, 5) is 37.3. The van der Waals surface area contributed by atoms with Crippen molar-refractivity contribution < 1.29 is 14.3 Å². The average Bonchev–Trinajstić information content (AvgIpc) is 3.23. The zero-order valence-electron chi connectivity index (χ0n) is 18.7. The van der Waals surface area contributed by atoms with Crippen molar-refractivity contribution in [2.75, 3.05) is 44.7 Å². The Morgan fingerprint density at radius 3 is 2.45 bits per heavy atom. The lowest BCUT2D eigenvalue weighted by Crippen LogP contribution is -2.40. The number of amides is 2.